The number of aliphatic imine (C=N–C) groups is 2. The molecule has 2 N–H and O–H groups in total. The fourth-order valence-corrected chi connectivity index (χ4v) is 11.5. The molecular formula is C35H49FN4O5SSi. The van der Waals surface area contributed by atoms with Crippen LogP contribution in [0.3, 0.4) is 0 Å². The molecule has 256 valence electrons. The van der Waals surface area contributed by atoms with E-state index >= 15 is 4.39 Å². The SMILES string of the molecule is CCc1cc(O[Si](C(C)C)(C(C)C)C(C)C)c(F)c(C(=Nc2ccc(C#N)c(C(N)C(=O)OC(C)(C)C)c2)C(=NC(=O)OC)SC)c1. The number of thioether (sulfide) groups is 1. The van der Waals surface area contributed by atoms with Crippen LogP contribution in [0, 0.1) is 17.1 Å². The summed E-state index contributed by atoms with van der Waals surface area (Å²) in [5, 5.41) is 9.89. The van der Waals surface area contributed by atoms with Crippen molar-refractivity contribution in [3.8, 4) is 11.8 Å². The molecule has 1 atom stereocenters. The second kappa shape index (κ2) is 16.5. The second-order valence-corrected chi connectivity index (χ2v) is 19.3. The first kappa shape index (κ1) is 39.6. The number of nitriles is 1. The molecule has 0 saturated carbocycles. The first-order valence-corrected chi connectivity index (χ1v) is 19.1. The van der Waals surface area contributed by atoms with Gasteiger partial charge in [0, 0.05) is 5.56 Å². The quantitative estimate of drug-likeness (QED) is 0.107. The van der Waals surface area contributed by atoms with E-state index in [4.69, 9.17) is 24.6 Å². The van der Waals surface area contributed by atoms with Crippen LogP contribution in [-0.4, -0.2) is 50.1 Å². The number of hydrogen-bond donors (Lipinski definition) is 1. The largest absolute Gasteiger partial charge is 0.541 e. The van der Waals surface area contributed by atoms with E-state index in [0.717, 1.165) is 17.3 Å². The van der Waals surface area contributed by atoms with Gasteiger partial charge in [-0.25, -0.2) is 19.0 Å². The Morgan fingerprint density at radius 1 is 1.06 bits per heavy atom. The molecule has 0 aliphatic carbocycles. The second-order valence-electron chi connectivity index (χ2n) is 13.2. The summed E-state index contributed by atoms with van der Waals surface area (Å²) in [7, 11) is -1.37. The molecule has 0 spiro atoms. The van der Waals surface area contributed by atoms with Gasteiger partial charge in [0.2, 0.25) is 0 Å². The molecule has 0 aliphatic rings. The standard InChI is InChI=1S/C35H49FN4O5SSi/c1-13-23-16-27(29(36)28(17-23)45-47(20(2)3,21(4)5)22(6)7)31(32(46-12)40-34(42)43-11)39-25-15-14-24(19-37)26(18-25)30(38)33(41)44-35(8,9)10/h14-18,20-22,30H,13,38H2,1-12H3. The minimum atomic E-state index is -2.57. The highest BCUT2D eigenvalue weighted by Gasteiger charge is 2.47. The lowest BCUT2D eigenvalue weighted by molar-refractivity contribution is -0.156. The Bertz CT molecular complexity index is 1540. The number of amides is 1. The summed E-state index contributed by atoms with van der Waals surface area (Å²) in [6.45, 7) is 19.9. The summed E-state index contributed by atoms with van der Waals surface area (Å²) >= 11 is 1.09. The van der Waals surface area contributed by atoms with Gasteiger partial charge in [0.05, 0.1) is 24.4 Å². The topological polar surface area (TPSA) is 136 Å². The molecule has 0 aromatic heterocycles. The highest BCUT2D eigenvalue weighted by Crippen LogP contribution is 2.44. The number of ether oxygens (including phenoxy) is 2. The maximum atomic E-state index is 16.9. The predicted octanol–water partition coefficient (Wildman–Crippen LogP) is 8.80. The highest BCUT2D eigenvalue weighted by molar-refractivity contribution is 8.15. The average molecular weight is 685 g/mol. The van der Waals surface area contributed by atoms with Gasteiger partial charge in [-0.1, -0.05) is 48.5 Å². The van der Waals surface area contributed by atoms with Crippen molar-refractivity contribution < 1.29 is 27.9 Å². The molecule has 9 nitrogen and oxygen atoms in total. The minimum absolute atomic E-state index is 0.0490. The van der Waals surface area contributed by atoms with E-state index in [9.17, 15) is 14.9 Å². The molecule has 0 fully saturated rings. The van der Waals surface area contributed by atoms with Crippen LogP contribution >= 0.6 is 11.8 Å². The molecule has 1 unspecified atom stereocenters. The van der Waals surface area contributed by atoms with Crippen LogP contribution in [0.25, 0.3) is 0 Å². The molecular weight excluding hydrogens is 636 g/mol. The lowest BCUT2D eigenvalue weighted by Crippen LogP contribution is -2.51. The minimum Gasteiger partial charge on any atom is -0.541 e. The van der Waals surface area contributed by atoms with Gasteiger partial charge in [0.25, 0.3) is 8.32 Å². The monoisotopic (exact) mass is 684 g/mol. The van der Waals surface area contributed by atoms with Gasteiger partial charge in [-0.15, -0.1) is 11.8 Å². The average Bonchev–Trinajstić information content (AvgIpc) is 3.00. The van der Waals surface area contributed by atoms with E-state index in [1.165, 1.54) is 19.2 Å². The van der Waals surface area contributed by atoms with Crippen LogP contribution in [0.4, 0.5) is 14.9 Å². The van der Waals surface area contributed by atoms with E-state index in [1.54, 1.807) is 45.2 Å². The number of hydrogen-bond acceptors (Lipinski definition) is 9. The summed E-state index contributed by atoms with van der Waals surface area (Å²) in [6, 6.07) is 8.69. The van der Waals surface area contributed by atoms with Crippen molar-refractivity contribution in [1.29, 1.82) is 5.26 Å². The predicted molar refractivity (Wildman–Crippen MR) is 191 cm³/mol. The van der Waals surface area contributed by atoms with Gasteiger partial charge in [-0.3, -0.25) is 0 Å². The number of benzene rings is 2. The first-order valence-electron chi connectivity index (χ1n) is 15.7. The third-order valence-corrected chi connectivity index (χ3v) is 14.6. The zero-order valence-electron chi connectivity index (χ0n) is 29.6. The Morgan fingerprint density at radius 3 is 2.13 bits per heavy atom. The summed E-state index contributed by atoms with van der Waals surface area (Å²) in [5.74, 6) is -1.23. The molecule has 2 aromatic carbocycles. The molecule has 2 rings (SSSR count). The molecule has 47 heavy (non-hydrogen) atoms. The van der Waals surface area contributed by atoms with Gasteiger partial charge in [-0.05, 0) is 91.5 Å². The fraction of sp³-hybridized carbons (Fsp3) is 0.514. The maximum absolute atomic E-state index is 16.9. The molecule has 0 heterocycles. The van der Waals surface area contributed by atoms with Gasteiger partial charge in [0.1, 0.15) is 28.1 Å². The number of carbonyl (C=O) groups excluding carboxylic acids is 2. The van der Waals surface area contributed by atoms with E-state index in [1.807, 2.05) is 6.92 Å². The van der Waals surface area contributed by atoms with Gasteiger partial charge in [-0.2, -0.15) is 10.3 Å². The number of esters is 1. The Balaban J connectivity index is 2.97. The number of nitrogens with zero attached hydrogens (tertiary/aromatic N) is 3. The molecule has 1 amide bonds. The smallest absolute Gasteiger partial charge is 0.434 e. The third-order valence-electron chi connectivity index (χ3n) is 7.91. The van der Waals surface area contributed by atoms with Crippen molar-refractivity contribution in [2.75, 3.05) is 13.4 Å². The highest BCUT2D eigenvalue weighted by atomic mass is 32.2. The van der Waals surface area contributed by atoms with Crippen LogP contribution in [0.15, 0.2) is 40.3 Å². The van der Waals surface area contributed by atoms with Crippen molar-refractivity contribution >= 4 is 48.6 Å². The van der Waals surface area contributed by atoms with Crippen molar-refractivity contribution in [2.45, 2.75) is 104 Å². The number of carbonyl (C=O) groups is 2. The van der Waals surface area contributed by atoms with Crippen molar-refractivity contribution in [3.05, 3.63) is 58.4 Å². The Hall–Kier alpha value is -3.53. The summed E-state index contributed by atoms with van der Waals surface area (Å²) in [5.41, 5.74) is 7.58. The summed E-state index contributed by atoms with van der Waals surface area (Å²) < 4.78 is 34.0. The van der Waals surface area contributed by atoms with Crippen LogP contribution in [0.2, 0.25) is 16.6 Å². The molecule has 0 saturated heterocycles. The van der Waals surface area contributed by atoms with Crippen molar-refractivity contribution in [2.24, 2.45) is 15.7 Å². The zero-order valence-corrected chi connectivity index (χ0v) is 31.5. The Morgan fingerprint density at radius 2 is 1.66 bits per heavy atom. The molecule has 2 aromatic rings. The molecule has 0 radical (unpaired) electrons. The van der Waals surface area contributed by atoms with Crippen molar-refractivity contribution in [1.82, 2.24) is 0 Å². The maximum Gasteiger partial charge on any atom is 0.434 e. The van der Waals surface area contributed by atoms with Crippen LogP contribution < -0.4 is 10.2 Å². The Kier molecular flexibility index (Phi) is 13.9. The number of methoxy groups -OCH3 is 1. The normalized spacial score (nSPS) is 13.5. The summed E-state index contributed by atoms with van der Waals surface area (Å²) in [4.78, 5) is 34.1. The lowest BCUT2D eigenvalue weighted by Gasteiger charge is -2.42. The number of rotatable bonds is 11. The van der Waals surface area contributed by atoms with Gasteiger partial charge in [0.15, 0.2) is 5.82 Å². The zero-order chi connectivity index (χ0) is 35.9. The van der Waals surface area contributed by atoms with Crippen LogP contribution in [0.5, 0.6) is 5.75 Å². The molecule has 12 heteroatoms. The fourth-order valence-electron chi connectivity index (χ4n) is 5.80. The van der Waals surface area contributed by atoms with E-state index in [0.29, 0.717) is 6.42 Å². The summed E-state index contributed by atoms with van der Waals surface area (Å²) in [6.07, 6.45) is 1.38. The number of nitrogens with two attached hydrogens (primary N) is 1. The number of halogens is 1. The van der Waals surface area contributed by atoms with Crippen molar-refractivity contribution in [3.63, 3.8) is 0 Å². The Labute approximate surface area is 284 Å². The van der Waals surface area contributed by atoms with Crippen LogP contribution in [-0.2, 0) is 20.7 Å². The first-order chi connectivity index (χ1) is 21.9. The van der Waals surface area contributed by atoms with Gasteiger partial charge >= 0.3 is 12.1 Å². The molecule has 0 aliphatic heterocycles. The van der Waals surface area contributed by atoms with E-state index < -0.39 is 37.8 Å². The van der Waals surface area contributed by atoms with E-state index in [-0.39, 0.29) is 55.5 Å². The molecule has 0 bridgehead atoms. The van der Waals surface area contributed by atoms with Gasteiger partial charge < -0.3 is 19.6 Å². The van der Waals surface area contributed by atoms with E-state index in [2.05, 4.69) is 52.6 Å². The van der Waals surface area contributed by atoms with Crippen LogP contribution in [0.1, 0.15) is 97.5 Å². The third kappa shape index (κ3) is 9.52. The lowest BCUT2D eigenvalue weighted by atomic mass is 10.00. The number of aryl methyl sites for hydroxylation is 1.